The minimum absolute atomic E-state index is 0.0992. The van der Waals surface area contributed by atoms with E-state index >= 15 is 0 Å². The molecule has 7 heteroatoms. The lowest BCUT2D eigenvalue weighted by molar-refractivity contribution is 0.102. The third-order valence-corrected chi connectivity index (χ3v) is 3.08. The van der Waals surface area contributed by atoms with Gasteiger partial charge in [0.15, 0.2) is 17.4 Å². The second kappa shape index (κ2) is 6.05. The minimum Gasteiger partial charge on any atom is -0.503 e. The van der Waals surface area contributed by atoms with Crippen LogP contribution in [0.2, 0.25) is 0 Å². The fourth-order valence-electron chi connectivity index (χ4n) is 1.70. The van der Waals surface area contributed by atoms with Crippen molar-refractivity contribution in [3.8, 4) is 5.75 Å². The van der Waals surface area contributed by atoms with Gasteiger partial charge in [-0.15, -0.1) is 11.6 Å². The van der Waals surface area contributed by atoms with Gasteiger partial charge in [0.25, 0.3) is 5.91 Å². The molecule has 0 saturated heterocycles. The first-order valence-electron chi connectivity index (χ1n) is 5.77. The lowest BCUT2D eigenvalue weighted by atomic mass is 10.1. The molecule has 2 aromatic rings. The second-order valence-electron chi connectivity index (χ2n) is 4.13. The largest absolute Gasteiger partial charge is 0.503 e. The molecule has 0 heterocycles. The summed E-state index contributed by atoms with van der Waals surface area (Å²) >= 11 is 5.69. The SMILES string of the molecule is O=C(Nc1ccccc1CCl)c1cc(F)c(F)c(O)c1F. The van der Waals surface area contributed by atoms with Gasteiger partial charge in [-0.05, 0) is 17.7 Å². The van der Waals surface area contributed by atoms with Gasteiger partial charge >= 0.3 is 0 Å². The topological polar surface area (TPSA) is 49.3 Å². The molecule has 2 N–H and O–H groups in total. The highest BCUT2D eigenvalue weighted by atomic mass is 35.5. The zero-order chi connectivity index (χ0) is 15.6. The number of phenolic OH excluding ortho intramolecular Hbond substituents is 1. The van der Waals surface area contributed by atoms with Crippen LogP contribution in [0, 0.1) is 17.5 Å². The quantitative estimate of drug-likeness (QED) is 0.668. The first kappa shape index (κ1) is 15.2. The number of amides is 1. The zero-order valence-corrected chi connectivity index (χ0v) is 11.2. The van der Waals surface area contributed by atoms with E-state index in [1.54, 1.807) is 18.2 Å². The highest BCUT2D eigenvalue weighted by molar-refractivity contribution is 6.17. The Labute approximate surface area is 123 Å². The molecule has 2 rings (SSSR count). The van der Waals surface area contributed by atoms with Gasteiger partial charge in [0.05, 0.1) is 5.56 Å². The van der Waals surface area contributed by atoms with E-state index in [9.17, 15) is 18.0 Å². The van der Waals surface area contributed by atoms with Crippen LogP contribution in [0.1, 0.15) is 15.9 Å². The maximum atomic E-state index is 13.6. The lowest BCUT2D eigenvalue weighted by Gasteiger charge is -2.10. The molecule has 21 heavy (non-hydrogen) atoms. The summed E-state index contributed by atoms with van der Waals surface area (Å²) in [6.07, 6.45) is 0. The predicted octanol–water partition coefficient (Wildman–Crippen LogP) is 3.80. The summed E-state index contributed by atoms with van der Waals surface area (Å²) in [5.74, 6) is -7.27. The third kappa shape index (κ3) is 2.95. The summed E-state index contributed by atoms with van der Waals surface area (Å²) in [5, 5.41) is 11.4. The molecule has 2 aromatic carbocycles. The first-order valence-corrected chi connectivity index (χ1v) is 6.30. The Morgan fingerprint density at radius 1 is 1.19 bits per heavy atom. The van der Waals surface area contributed by atoms with E-state index in [2.05, 4.69) is 5.32 Å². The molecule has 0 aliphatic carbocycles. The third-order valence-electron chi connectivity index (χ3n) is 2.79. The molecule has 110 valence electrons. The van der Waals surface area contributed by atoms with Crippen molar-refractivity contribution in [3.63, 3.8) is 0 Å². The summed E-state index contributed by atoms with van der Waals surface area (Å²) in [6, 6.07) is 6.85. The fourth-order valence-corrected chi connectivity index (χ4v) is 1.94. The van der Waals surface area contributed by atoms with Crippen LogP contribution in [0.25, 0.3) is 0 Å². The van der Waals surface area contributed by atoms with E-state index in [4.69, 9.17) is 16.7 Å². The van der Waals surface area contributed by atoms with Gasteiger partial charge < -0.3 is 10.4 Å². The van der Waals surface area contributed by atoms with Crippen molar-refractivity contribution < 1.29 is 23.1 Å². The van der Waals surface area contributed by atoms with E-state index in [-0.39, 0.29) is 5.88 Å². The molecule has 0 aliphatic heterocycles. The van der Waals surface area contributed by atoms with Gasteiger partial charge in [-0.1, -0.05) is 18.2 Å². The van der Waals surface area contributed by atoms with E-state index in [1.165, 1.54) is 6.07 Å². The molecule has 0 spiro atoms. The number of phenols is 1. The molecular formula is C14H9ClF3NO2. The summed E-state index contributed by atoms with van der Waals surface area (Å²) in [4.78, 5) is 11.9. The molecule has 0 atom stereocenters. The van der Waals surface area contributed by atoms with E-state index < -0.39 is 34.7 Å². The molecule has 0 bridgehead atoms. The first-order chi connectivity index (χ1) is 9.95. The van der Waals surface area contributed by atoms with Gasteiger partial charge in [-0.3, -0.25) is 4.79 Å². The van der Waals surface area contributed by atoms with Gasteiger partial charge in [0.1, 0.15) is 0 Å². The van der Waals surface area contributed by atoms with Crippen molar-refractivity contribution in [2.75, 3.05) is 5.32 Å². The number of nitrogens with one attached hydrogen (secondary N) is 1. The molecule has 0 aliphatic rings. The van der Waals surface area contributed by atoms with Crippen LogP contribution in [0.4, 0.5) is 18.9 Å². The predicted molar refractivity (Wildman–Crippen MR) is 71.9 cm³/mol. The van der Waals surface area contributed by atoms with Crippen LogP contribution in [0.5, 0.6) is 5.75 Å². The summed E-state index contributed by atoms with van der Waals surface area (Å²) < 4.78 is 39.8. The van der Waals surface area contributed by atoms with Gasteiger partial charge in [-0.2, -0.15) is 4.39 Å². The maximum Gasteiger partial charge on any atom is 0.258 e. The maximum absolute atomic E-state index is 13.6. The van der Waals surface area contributed by atoms with Crippen molar-refractivity contribution >= 4 is 23.2 Å². The van der Waals surface area contributed by atoms with Crippen molar-refractivity contribution in [2.24, 2.45) is 0 Å². The molecule has 0 saturated carbocycles. The number of carbonyl (C=O) groups excluding carboxylic acids is 1. The van der Waals surface area contributed by atoms with Crippen molar-refractivity contribution in [2.45, 2.75) is 5.88 Å². The van der Waals surface area contributed by atoms with Gasteiger partial charge in [0, 0.05) is 11.6 Å². The highest BCUT2D eigenvalue weighted by Gasteiger charge is 2.22. The Morgan fingerprint density at radius 2 is 1.86 bits per heavy atom. The van der Waals surface area contributed by atoms with E-state index in [0.29, 0.717) is 17.3 Å². The minimum atomic E-state index is -1.75. The van der Waals surface area contributed by atoms with E-state index in [1.807, 2.05) is 0 Å². The van der Waals surface area contributed by atoms with Crippen molar-refractivity contribution in [1.82, 2.24) is 0 Å². The summed E-state index contributed by atoms with van der Waals surface area (Å²) in [7, 11) is 0. The van der Waals surface area contributed by atoms with Gasteiger partial charge in [0.2, 0.25) is 5.82 Å². The van der Waals surface area contributed by atoms with Crippen LogP contribution in [-0.4, -0.2) is 11.0 Å². The number of benzene rings is 2. The number of aromatic hydroxyl groups is 1. The monoisotopic (exact) mass is 315 g/mol. The number of carbonyl (C=O) groups is 1. The number of hydrogen-bond donors (Lipinski definition) is 2. The summed E-state index contributed by atoms with van der Waals surface area (Å²) in [5.41, 5.74) is 0.0663. The van der Waals surface area contributed by atoms with Crippen LogP contribution >= 0.6 is 11.6 Å². The van der Waals surface area contributed by atoms with Gasteiger partial charge in [-0.25, -0.2) is 8.78 Å². The zero-order valence-electron chi connectivity index (χ0n) is 10.5. The Balaban J connectivity index is 2.38. The number of halogens is 4. The number of para-hydroxylation sites is 1. The number of alkyl halides is 1. The lowest BCUT2D eigenvalue weighted by Crippen LogP contribution is -2.16. The fraction of sp³-hybridized carbons (Fsp3) is 0.0714. The average Bonchev–Trinajstić information content (AvgIpc) is 2.49. The van der Waals surface area contributed by atoms with Crippen molar-refractivity contribution in [1.29, 1.82) is 0 Å². The van der Waals surface area contributed by atoms with Crippen LogP contribution in [0.3, 0.4) is 0 Å². The average molecular weight is 316 g/mol. The number of hydrogen-bond acceptors (Lipinski definition) is 2. The molecular weight excluding hydrogens is 307 g/mol. The van der Waals surface area contributed by atoms with Crippen LogP contribution < -0.4 is 5.32 Å². The Bertz CT molecular complexity index is 707. The smallest absolute Gasteiger partial charge is 0.258 e. The molecule has 0 aromatic heterocycles. The Morgan fingerprint density at radius 3 is 2.52 bits per heavy atom. The molecule has 0 radical (unpaired) electrons. The Hall–Kier alpha value is -2.21. The van der Waals surface area contributed by atoms with Crippen LogP contribution in [-0.2, 0) is 5.88 Å². The highest BCUT2D eigenvalue weighted by Crippen LogP contribution is 2.27. The van der Waals surface area contributed by atoms with Crippen LogP contribution in [0.15, 0.2) is 30.3 Å². The van der Waals surface area contributed by atoms with E-state index in [0.717, 1.165) is 0 Å². The molecule has 3 nitrogen and oxygen atoms in total. The molecule has 0 fully saturated rings. The standard InChI is InChI=1S/C14H9ClF3NO2/c15-6-7-3-1-2-4-10(7)19-14(21)8-5-9(16)12(18)13(20)11(8)17/h1-5,20H,6H2,(H,19,21). The molecule has 1 amide bonds. The number of anilines is 1. The summed E-state index contributed by atoms with van der Waals surface area (Å²) in [6.45, 7) is 0. The molecule has 0 unspecified atom stereocenters. The van der Waals surface area contributed by atoms with Crippen molar-refractivity contribution in [3.05, 3.63) is 58.9 Å². The normalized spacial score (nSPS) is 10.5. The Kier molecular flexibility index (Phi) is 4.37. The second-order valence-corrected chi connectivity index (χ2v) is 4.39. The number of rotatable bonds is 3.